The van der Waals surface area contributed by atoms with Crippen molar-refractivity contribution < 1.29 is 4.79 Å². The Morgan fingerprint density at radius 3 is 2.41 bits per heavy atom. The molecule has 1 heterocycles. The number of nitrogens with zero attached hydrogens (tertiary/aromatic N) is 1. The molecule has 3 heteroatoms. The molecule has 2 aliphatic rings. The Kier molecular flexibility index (Phi) is 2.54. The van der Waals surface area contributed by atoms with Crippen molar-refractivity contribution in [2.24, 2.45) is 5.92 Å². The molecule has 3 nitrogen and oxygen atoms in total. The Balaban J connectivity index is 1.61. The third-order valence-electron chi connectivity index (χ3n) is 3.81. The van der Waals surface area contributed by atoms with E-state index in [1.54, 1.807) is 0 Å². The lowest BCUT2D eigenvalue weighted by Crippen LogP contribution is -2.42. The maximum Gasteiger partial charge on any atom is 0.318 e. The maximum absolute atomic E-state index is 12.1. The number of urea groups is 1. The van der Waals surface area contributed by atoms with Gasteiger partial charge in [-0.25, -0.2) is 4.79 Å². The molecule has 0 aromatic heterocycles. The predicted molar refractivity (Wildman–Crippen MR) is 66.4 cm³/mol. The fourth-order valence-corrected chi connectivity index (χ4v) is 2.48. The van der Waals surface area contributed by atoms with Gasteiger partial charge in [-0.05, 0) is 36.8 Å². The van der Waals surface area contributed by atoms with Crippen molar-refractivity contribution in [1.29, 1.82) is 0 Å². The van der Waals surface area contributed by atoms with Crippen molar-refractivity contribution in [1.82, 2.24) is 10.2 Å². The Morgan fingerprint density at radius 1 is 1.29 bits per heavy atom. The van der Waals surface area contributed by atoms with Gasteiger partial charge in [0.1, 0.15) is 0 Å². The van der Waals surface area contributed by atoms with E-state index < -0.39 is 0 Å². The molecular formula is C14H18N2O. The average molecular weight is 230 g/mol. The van der Waals surface area contributed by atoms with Crippen molar-refractivity contribution in [2.75, 3.05) is 0 Å². The molecule has 1 atom stereocenters. The molecule has 2 amide bonds. The highest BCUT2D eigenvalue weighted by atomic mass is 16.2. The molecule has 1 aromatic rings. The monoisotopic (exact) mass is 230 g/mol. The highest BCUT2D eigenvalue weighted by molar-refractivity contribution is 5.75. The molecule has 17 heavy (non-hydrogen) atoms. The molecule has 1 aromatic carbocycles. The van der Waals surface area contributed by atoms with Crippen molar-refractivity contribution in [2.45, 2.75) is 38.9 Å². The standard InChI is InChI=1S/C14H18N2O/c1-10(11-6-7-11)15-14(17)16-8-12-4-2-3-5-13(12)9-16/h2-5,10-11H,6-9H2,1H3,(H,15,17)/t10-/m1/s1. The van der Waals surface area contributed by atoms with Crippen LogP contribution in [0.1, 0.15) is 30.9 Å². The van der Waals surface area contributed by atoms with Gasteiger partial charge in [-0.15, -0.1) is 0 Å². The van der Waals surface area contributed by atoms with Crippen LogP contribution < -0.4 is 5.32 Å². The molecule has 3 rings (SSSR count). The van der Waals surface area contributed by atoms with Crippen LogP contribution in [0.3, 0.4) is 0 Å². The van der Waals surface area contributed by atoms with E-state index >= 15 is 0 Å². The van der Waals surface area contributed by atoms with Gasteiger partial charge in [0.15, 0.2) is 0 Å². The van der Waals surface area contributed by atoms with Crippen LogP contribution in [0, 0.1) is 5.92 Å². The first-order valence-corrected chi connectivity index (χ1v) is 6.36. The van der Waals surface area contributed by atoms with E-state index in [0.717, 1.165) is 13.1 Å². The van der Waals surface area contributed by atoms with E-state index in [2.05, 4.69) is 24.4 Å². The molecule has 1 aliphatic heterocycles. The quantitative estimate of drug-likeness (QED) is 0.832. The summed E-state index contributed by atoms with van der Waals surface area (Å²) < 4.78 is 0. The van der Waals surface area contributed by atoms with Crippen LogP contribution in [-0.4, -0.2) is 17.0 Å². The van der Waals surface area contributed by atoms with E-state index in [1.165, 1.54) is 24.0 Å². The van der Waals surface area contributed by atoms with Crippen LogP contribution in [0.25, 0.3) is 0 Å². The number of hydrogen-bond donors (Lipinski definition) is 1. The molecule has 0 bridgehead atoms. The fraction of sp³-hybridized carbons (Fsp3) is 0.500. The zero-order valence-electron chi connectivity index (χ0n) is 10.1. The van der Waals surface area contributed by atoms with Gasteiger partial charge in [-0.1, -0.05) is 24.3 Å². The predicted octanol–water partition coefficient (Wildman–Crippen LogP) is 2.51. The first-order valence-electron chi connectivity index (χ1n) is 6.36. The van der Waals surface area contributed by atoms with Crippen molar-refractivity contribution >= 4 is 6.03 Å². The first-order chi connectivity index (χ1) is 8.24. The minimum atomic E-state index is 0.0839. The van der Waals surface area contributed by atoms with Gasteiger partial charge >= 0.3 is 6.03 Å². The smallest absolute Gasteiger partial charge is 0.318 e. The lowest BCUT2D eigenvalue weighted by molar-refractivity contribution is 0.193. The van der Waals surface area contributed by atoms with Gasteiger partial charge < -0.3 is 10.2 Å². The number of carbonyl (C=O) groups excluding carboxylic acids is 1. The SMILES string of the molecule is C[C@@H](NC(=O)N1Cc2ccccc2C1)C1CC1. The number of benzene rings is 1. The lowest BCUT2D eigenvalue weighted by Gasteiger charge is -2.20. The zero-order valence-corrected chi connectivity index (χ0v) is 10.1. The van der Waals surface area contributed by atoms with Crippen LogP contribution in [-0.2, 0) is 13.1 Å². The van der Waals surface area contributed by atoms with Crippen LogP contribution in [0.15, 0.2) is 24.3 Å². The number of rotatable bonds is 2. The van der Waals surface area contributed by atoms with Crippen molar-refractivity contribution in [3.05, 3.63) is 35.4 Å². The lowest BCUT2D eigenvalue weighted by atomic mass is 10.1. The second-order valence-corrected chi connectivity index (χ2v) is 5.20. The molecule has 90 valence electrons. The fourth-order valence-electron chi connectivity index (χ4n) is 2.48. The third kappa shape index (κ3) is 2.14. The normalized spacial score (nSPS) is 19.9. The second kappa shape index (κ2) is 4.06. The summed E-state index contributed by atoms with van der Waals surface area (Å²) in [5.74, 6) is 0.712. The summed E-state index contributed by atoms with van der Waals surface area (Å²) >= 11 is 0. The maximum atomic E-state index is 12.1. The minimum absolute atomic E-state index is 0.0839. The van der Waals surface area contributed by atoms with Crippen LogP contribution >= 0.6 is 0 Å². The van der Waals surface area contributed by atoms with Crippen LogP contribution in [0.2, 0.25) is 0 Å². The van der Waals surface area contributed by atoms with E-state index in [4.69, 9.17) is 0 Å². The van der Waals surface area contributed by atoms with Gasteiger partial charge in [0.2, 0.25) is 0 Å². The minimum Gasteiger partial charge on any atom is -0.335 e. The number of hydrogen-bond acceptors (Lipinski definition) is 1. The number of amides is 2. The van der Waals surface area contributed by atoms with Gasteiger partial charge in [0.05, 0.1) is 0 Å². The van der Waals surface area contributed by atoms with E-state index in [-0.39, 0.29) is 6.03 Å². The topological polar surface area (TPSA) is 32.3 Å². The largest absolute Gasteiger partial charge is 0.335 e. The summed E-state index contributed by atoms with van der Waals surface area (Å²) in [6.45, 7) is 3.61. The Morgan fingerprint density at radius 2 is 1.88 bits per heavy atom. The van der Waals surface area contributed by atoms with E-state index in [1.807, 2.05) is 17.0 Å². The van der Waals surface area contributed by atoms with Gasteiger partial charge in [0, 0.05) is 19.1 Å². The number of carbonyl (C=O) groups is 1. The van der Waals surface area contributed by atoms with E-state index in [0.29, 0.717) is 12.0 Å². The molecule has 0 saturated heterocycles. The highest BCUT2D eigenvalue weighted by Gasteiger charge is 2.31. The van der Waals surface area contributed by atoms with Crippen molar-refractivity contribution in [3.63, 3.8) is 0 Å². The zero-order chi connectivity index (χ0) is 11.8. The van der Waals surface area contributed by atoms with Gasteiger partial charge in [0.25, 0.3) is 0 Å². The van der Waals surface area contributed by atoms with Gasteiger partial charge in [-0.3, -0.25) is 0 Å². The third-order valence-corrected chi connectivity index (χ3v) is 3.81. The van der Waals surface area contributed by atoms with Gasteiger partial charge in [-0.2, -0.15) is 0 Å². The highest BCUT2D eigenvalue weighted by Crippen LogP contribution is 2.32. The summed E-state index contributed by atoms with van der Waals surface area (Å²) in [4.78, 5) is 14.0. The molecule has 0 radical (unpaired) electrons. The van der Waals surface area contributed by atoms with Crippen LogP contribution in [0.4, 0.5) is 4.79 Å². The number of nitrogens with one attached hydrogen (secondary N) is 1. The summed E-state index contributed by atoms with van der Waals surface area (Å²) in [7, 11) is 0. The molecule has 1 fully saturated rings. The molecule has 0 spiro atoms. The molecule has 0 unspecified atom stereocenters. The average Bonchev–Trinajstić information content (AvgIpc) is 3.08. The summed E-state index contributed by atoms with van der Waals surface area (Å²) in [6.07, 6.45) is 2.53. The molecule has 1 N–H and O–H groups in total. The first kappa shape index (κ1) is 10.6. The molecular weight excluding hydrogens is 212 g/mol. The summed E-state index contributed by atoms with van der Waals surface area (Å²) in [6, 6.07) is 8.69. The Labute approximate surface area is 102 Å². The number of fused-ring (bicyclic) bond motifs is 1. The summed E-state index contributed by atoms with van der Waals surface area (Å²) in [5.41, 5.74) is 2.56. The summed E-state index contributed by atoms with van der Waals surface area (Å²) in [5, 5.41) is 3.11. The molecule has 1 aliphatic carbocycles. The van der Waals surface area contributed by atoms with Crippen LogP contribution in [0.5, 0.6) is 0 Å². The Bertz CT molecular complexity index is 415. The molecule has 1 saturated carbocycles. The Hall–Kier alpha value is -1.51. The van der Waals surface area contributed by atoms with Crippen molar-refractivity contribution in [3.8, 4) is 0 Å². The van der Waals surface area contributed by atoms with E-state index in [9.17, 15) is 4.79 Å². The second-order valence-electron chi connectivity index (χ2n) is 5.20.